The molecule has 1 fully saturated rings. The summed E-state index contributed by atoms with van der Waals surface area (Å²) >= 11 is 3.56. The van der Waals surface area contributed by atoms with Crippen LogP contribution in [0.1, 0.15) is 17.5 Å². The Morgan fingerprint density at radius 3 is 2.83 bits per heavy atom. The van der Waals surface area contributed by atoms with Crippen molar-refractivity contribution in [1.29, 1.82) is 0 Å². The lowest BCUT2D eigenvalue weighted by Gasteiger charge is -2.36. The Bertz CT molecular complexity index is 808. The molecule has 24 heavy (non-hydrogen) atoms. The van der Waals surface area contributed by atoms with E-state index in [0.29, 0.717) is 5.92 Å². The molecule has 1 aliphatic heterocycles. The number of benzene rings is 2. The van der Waals surface area contributed by atoms with E-state index in [2.05, 4.69) is 45.0 Å². The Kier molecular flexibility index (Phi) is 4.39. The van der Waals surface area contributed by atoms with Crippen LogP contribution in [0.5, 0.6) is 0 Å². The summed E-state index contributed by atoms with van der Waals surface area (Å²) in [6.07, 6.45) is -0.180. The maximum absolute atomic E-state index is 6.31. The van der Waals surface area contributed by atoms with Crippen LogP contribution < -0.4 is 0 Å². The van der Waals surface area contributed by atoms with Crippen LogP contribution >= 0.6 is 15.9 Å². The van der Waals surface area contributed by atoms with Crippen LogP contribution in [0.25, 0.3) is 11.0 Å². The summed E-state index contributed by atoms with van der Waals surface area (Å²) < 4.78 is 7.36. The van der Waals surface area contributed by atoms with Crippen molar-refractivity contribution in [2.75, 3.05) is 26.7 Å². The maximum atomic E-state index is 6.31. The van der Waals surface area contributed by atoms with Gasteiger partial charge in [-0.3, -0.25) is 0 Å². The average Bonchev–Trinajstić information content (AvgIpc) is 2.97. The van der Waals surface area contributed by atoms with E-state index in [0.717, 1.165) is 46.6 Å². The molecule has 0 amide bonds. The molecule has 3 aromatic rings. The minimum Gasteiger partial charge on any atom is -0.365 e. The SMILES string of the molecule is CN1CC(COC(c2cccc(Br)c2)c2nc3ccccc3[nH]2)C1. The highest BCUT2D eigenvalue weighted by Gasteiger charge is 2.26. The minimum absolute atomic E-state index is 0.180. The van der Waals surface area contributed by atoms with Crippen LogP contribution in [-0.2, 0) is 4.74 Å². The van der Waals surface area contributed by atoms with Gasteiger partial charge in [-0.2, -0.15) is 0 Å². The molecule has 4 rings (SSSR count). The lowest BCUT2D eigenvalue weighted by atomic mass is 10.0. The van der Waals surface area contributed by atoms with Crippen molar-refractivity contribution < 1.29 is 4.74 Å². The maximum Gasteiger partial charge on any atom is 0.141 e. The van der Waals surface area contributed by atoms with Crippen LogP contribution in [0.4, 0.5) is 0 Å². The molecule has 0 spiro atoms. The molecule has 1 N–H and O–H groups in total. The highest BCUT2D eigenvalue weighted by molar-refractivity contribution is 9.10. The van der Waals surface area contributed by atoms with Crippen LogP contribution in [0.2, 0.25) is 0 Å². The summed E-state index contributed by atoms with van der Waals surface area (Å²) in [5, 5.41) is 0. The van der Waals surface area contributed by atoms with Gasteiger partial charge in [-0.25, -0.2) is 4.98 Å². The van der Waals surface area contributed by atoms with Gasteiger partial charge >= 0.3 is 0 Å². The molecule has 1 atom stereocenters. The zero-order valence-corrected chi connectivity index (χ0v) is 15.2. The number of imidazole rings is 1. The van der Waals surface area contributed by atoms with E-state index in [1.165, 1.54) is 0 Å². The number of hydrogen-bond donors (Lipinski definition) is 1. The van der Waals surface area contributed by atoms with Gasteiger partial charge in [-0.15, -0.1) is 0 Å². The van der Waals surface area contributed by atoms with Crippen molar-refractivity contribution in [3.63, 3.8) is 0 Å². The summed E-state index contributed by atoms with van der Waals surface area (Å²) in [5.74, 6) is 1.47. The molecule has 1 saturated heterocycles. The number of H-pyrrole nitrogens is 1. The van der Waals surface area contributed by atoms with Crippen molar-refractivity contribution in [2.24, 2.45) is 5.92 Å². The third kappa shape index (κ3) is 3.24. The number of nitrogens with one attached hydrogen (secondary N) is 1. The second-order valence-corrected chi connectivity index (χ2v) is 7.41. The third-order valence-corrected chi connectivity index (χ3v) is 4.94. The topological polar surface area (TPSA) is 41.1 Å². The first-order chi connectivity index (χ1) is 11.7. The quantitative estimate of drug-likeness (QED) is 0.721. The number of likely N-dealkylation sites (tertiary alicyclic amines) is 1. The Labute approximate surface area is 150 Å². The smallest absolute Gasteiger partial charge is 0.141 e. The Balaban J connectivity index is 1.63. The number of para-hydroxylation sites is 2. The van der Waals surface area contributed by atoms with Gasteiger partial charge in [0.25, 0.3) is 0 Å². The summed E-state index contributed by atoms with van der Waals surface area (Å²) in [5.41, 5.74) is 3.12. The lowest BCUT2D eigenvalue weighted by molar-refractivity contribution is -0.00232. The van der Waals surface area contributed by atoms with Crippen molar-refractivity contribution >= 4 is 27.0 Å². The molecular formula is C19H20BrN3O. The molecule has 0 saturated carbocycles. The number of aromatic amines is 1. The van der Waals surface area contributed by atoms with E-state index in [4.69, 9.17) is 9.72 Å². The fourth-order valence-corrected chi connectivity index (χ4v) is 3.68. The standard InChI is InChI=1S/C19H20BrN3O/c1-23-10-13(11-23)12-24-18(14-5-4-6-15(20)9-14)19-21-16-7-2-3-8-17(16)22-19/h2-9,13,18H,10-12H2,1H3,(H,21,22). The summed E-state index contributed by atoms with van der Waals surface area (Å²) in [6, 6.07) is 16.4. The number of halogens is 1. The largest absolute Gasteiger partial charge is 0.365 e. The van der Waals surface area contributed by atoms with Gasteiger partial charge in [-0.1, -0.05) is 40.2 Å². The van der Waals surface area contributed by atoms with Crippen molar-refractivity contribution in [3.05, 3.63) is 64.4 Å². The Morgan fingerprint density at radius 2 is 2.08 bits per heavy atom. The van der Waals surface area contributed by atoms with Crippen LogP contribution in [-0.4, -0.2) is 41.6 Å². The first-order valence-electron chi connectivity index (χ1n) is 8.19. The van der Waals surface area contributed by atoms with Gasteiger partial charge in [0.2, 0.25) is 0 Å². The number of aromatic nitrogens is 2. The molecule has 0 radical (unpaired) electrons. The summed E-state index contributed by atoms with van der Waals surface area (Å²) in [6.45, 7) is 2.95. The zero-order chi connectivity index (χ0) is 16.5. The first kappa shape index (κ1) is 15.8. The molecule has 1 aliphatic rings. The molecule has 5 heteroatoms. The summed E-state index contributed by atoms with van der Waals surface area (Å²) in [4.78, 5) is 10.5. The van der Waals surface area contributed by atoms with Crippen LogP contribution in [0.15, 0.2) is 53.0 Å². The van der Waals surface area contributed by atoms with Gasteiger partial charge < -0.3 is 14.6 Å². The monoisotopic (exact) mass is 385 g/mol. The predicted molar refractivity (Wildman–Crippen MR) is 99.0 cm³/mol. The molecular weight excluding hydrogens is 366 g/mol. The number of fused-ring (bicyclic) bond motifs is 1. The van der Waals surface area contributed by atoms with Gasteiger partial charge in [-0.05, 0) is 36.9 Å². The number of hydrogen-bond acceptors (Lipinski definition) is 3. The lowest BCUT2D eigenvalue weighted by Crippen LogP contribution is -2.46. The Hall–Kier alpha value is -1.69. The normalized spacial score (nSPS) is 17.1. The van der Waals surface area contributed by atoms with Crippen LogP contribution in [0.3, 0.4) is 0 Å². The minimum atomic E-state index is -0.180. The van der Waals surface area contributed by atoms with Crippen molar-refractivity contribution in [3.8, 4) is 0 Å². The molecule has 2 heterocycles. The van der Waals surface area contributed by atoms with Gasteiger partial charge in [0.15, 0.2) is 0 Å². The van der Waals surface area contributed by atoms with Gasteiger partial charge in [0.1, 0.15) is 11.9 Å². The fourth-order valence-electron chi connectivity index (χ4n) is 3.27. The molecule has 1 aromatic heterocycles. The van der Waals surface area contributed by atoms with Crippen LogP contribution in [0, 0.1) is 5.92 Å². The zero-order valence-electron chi connectivity index (χ0n) is 13.6. The molecule has 0 aliphatic carbocycles. The third-order valence-electron chi connectivity index (χ3n) is 4.45. The van der Waals surface area contributed by atoms with E-state index >= 15 is 0 Å². The second-order valence-electron chi connectivity index (χ2n) is 6.49. The molecule has 4 nitrogen and oxygen atoms in total. The number of ether oxygens (including phenoxy) is 1. The summed E-state index contributed by atoms with van der Waals surface area (Å²) in [7, 11) is 2.14. The van der Waals surface area contributed by atoms with E-state index in [1.807, 2.05) is 36.4 Å². The Morgan fingerprint density at radius 1 is 1.25 bits per heavy atom. The van der Waals surface area contributed by atoms with E-state index in [9.17, 15) is 0 Å². The molecule has 2 aromatic carbocycles. The highest BCUT2D eigenvalue weighted by Crippen LogP contribution is 2.29. The van der Waals surface area contributed by atoms with E-state index in [1.54, 1.807) is 0 Å². The second kappa shape index (κ2) is 6.67. The van der Waals surface area contributed by atoms with Gasteiger partial charge in [0, 0.05) is 23.5 Å². The van der Waals surface area contributed by atoms with Crippen molar-refractivity contribution in [2.45, 2.75) is 6.10 Å². The van der Waals surface area contributed by atoms with E-state index in [-0.39, 0.29) is 6.10 Å². The number of nitrogens with zero attached hydrogens (tertiary/aromatic N) is 2. The van der Waals surface area contributed by atoms with Gasteiger partial charge in [0.05, 0.1) is 17.6 Å². The molecule has 1 unspecified atom stereocenters. The predicted octanol–water partition coefficient (Wildman–Crippen LogP) is 3.99. The molecule has 0 bridgehead atoms. The average molecular weight is 386 g/mol. The fraction of sp³-hybridized carbons (Fsp3) is 0.316. The highest BCUT2D eigenvalue weighted by atomic mass is 79.9. The van der Waals surface area contributed by atoms with Crippen molar-refractivity contribution in [1.82, 2.24) is 14.9 Å². The van der Waals surface area contributed by atoms with E-state index < -0.39 is 0 Å². The first-order valence-corrected chi connectivity index (χ1v) is 8.98. The number of rotatable bonds is 5. The molecule has 124 valence electrons.